The molecule has 4 nitrogen and oxygen atoms in total. The summed E-state index contributed by atoms with van der Waals surface area (Å²) in [4.78, 5) is 23.7. The molecule has 0 radical (unpaired) electrons. The summed E-state index contributed by atoms with van der Waals surface area (Å²) in [7, 11) is 0. The van der Waals surface area contributed by atoms with Gasteiger partial charge in [0, 0.05) is 12.3 Å². The molecular formula is C13H18N2O2S. The highest BCUT2D eigenvalue weighted by Gasteiger charge is 2.24. The van der Waals surface area contributed by atoms with Gasteiger partial charge in [-0.3, -0.25) is 9.59 Å². The molecule has 18 heavy (non-hydrogen) atoms. The molecule has 0 aromatic rings. The molecule has 1 aliphatic rings. The van der Waals surface area contributed by atoms with Crippen LogP contribution in [0.5, 0.6) is 0 Å². The maximum atomic E-state index is 11.9. The molecular weight excluding hydrogens is 248 g/mol. The largest absolute Gasteiger partial charge is 0.353 e. The summed E-state index contributed by atoms with van der Waals surface area (Å²) in [6.45, 7) is 4.27. The fourth-order valence-electron chi connectivity index (χ4n) is 1.51. The predicted octanol–water partition coefficient (Wildman–Crippen LogP) is 0.825. The summed E-state index contributed by atoms with van der Waals surface area (Å²) in [5, 5.41) is 5.44. The summed E-state index contributed by atoms with van der Waals surface area (Å²) in [6, 6.07) is -0.541. The molecule has 2 amide bonds. The van der Waals surface area contributed by atoms with Crippen LogP contribution in [-0.2, 0) is 9.59 Å². The first kappa shape index (κ1) is 14.6. The van der Waals surface area contributed by atoms with Crippen molar-refractivity contribution in [1.29, 1.82) is 0 Å². The molecule has 0 saturated carbocycles. The Bertz CT molecular complexity index is 421. The monoisotopic (exact) mass is 266 g/mol. The van der Waals surface area contributed by atoms with E-state index < -0.39 is 6.04 Å². The van der Waals surface area contributed by atoms with Crippen LogP contribution in [0.1, 0.15) is 13.8 Å². The molecule has 2 N–H and O–H groups in total. The molecule has 0 heterocycles. The van der Waals surface area contributed by atoms with Crippen LogP contribution in [0.4, 0.5) is 0 Å². The smallest absolute Gasteiger partial charge is 0.259 e. The Morgan fingerprint density at radius 2 is 2.17 bits per heavy atom. The Labute approximate surface area is 113 Å². The molecule has 5 heteroatoms. The maximum absolute atomic E-state index is 11.9. The number of allylic oxidation sites excluding steroid dienone is 1. The normalized spacial score (nSPS) is 14.6. The van der Waals surface area contributed by atoms with E-state index in [1.807, 2.05) is 13.8 Å². The average Bonchev–Trinajstić information content (AvgIpc) is 2.86. The van der Waals surface area contributed by atoms with Crippen LogP contribution < -0.4 is 10.6 Å². The zero-order valence-corrected chi connectivity index (χ0v) is 11.5. The lowest BCUT2D eigenvalue weighted by Crippen LogP contribution is -2.50. The third kappa shape index (κ3) is 4.09. The Hall–Kier alpha value is -1.45. The zero-order valence-electron chi connectivity index (χ0n) is 10.6. The lowest BCUT2D eigenvalue weighted by Gasteiger charge is -2.21. The minimum atomic E-state index is -0.541. The van der Waals surface area contributed by atoms with Crippen LogP contribution in [0.3, 0.4) is 0 Å². The Morgan fingerprint density at radius 1 is 1.44 bits per heavy atom. The summed E-state index contributed by atoms with van der Waals surface area (Å²) < 4.78 is 0. The van der Waals surface area contributed by atoms with Crippen molar-refractivity contribution in [2.45, 2.75) is 19.9 Å². The second-order valence-electron chi connectivity index (χ2n) is 4.29. The van der Waals surface area contributed by atoms with Crippen molar-refractivity contribution < 1.29 is 9.59 Å². The Morgan fingerprint density at radius 3 is 2.67 bits per heavy atom. The molecule has 0 bridgehead atoms. The van der Waals surface area contributed by atoms with E-state index in [0.29, 0.717) is 17.9 Å². The Kier molecular flexibility index (Phi) is 5.75. The van der Waals surface area contributed by atoms with Gasteiger partial charge in [0.25, 0.3) is 5.91 Å². The van der Waals surface area contributed by atoms with Crippen LogP contribution in [0, 0.1) is 5.92 Å². The van der Waals surface area contributed by atoms with Crippen LogP contribution in [-0.4, -0.2) is 30.2 Å². The van der Waals surface area contributed by atoms with E-state index in [0.717, 1.165) is 0 Å². The van der Waals surface area contributed by atoms with Crippen LogP contribution in [0.25, 0.3) is 0 Å². The fourth-order valence-corrected chi connectivity index (χ4v) is 1.63. The summed E-state index contributed by atoms with van der Waals surface area (Å²) >= 11 is 4.03. The number of rotatable bonds is 6. The number of hydrogen-bond donors (Lipinski definition) is 3. The van der Waals surface area contributed by atoms with Gasteiger partial charge < -0.3 is 10.6 Å². The first-order chi connectivity index (χ1) is 8.56. The third-order valence-corrected chi connectivity index (χ3v) is 2.71. The Balaban J connectivity index is 2.63. The average molecular weight is 266 g/mol. The van der Waals surface area contributed by atoms with Gasteiger partial charge in [0.2, 0.25) is 5.91 Å². The van der Waals surface area contributed by atoms with Crippen molar-refractivity contribution in [2.75, 3.05) is 12.3 Å². The van der Waals surface area contributed by atoms with Gasteiger partial charge in [0.1, 0.15) is 6.04 Å². The highest BCUT2D eigenvalue weighted by Crippen LogP contribution is 2.06. The van der Waals surface area contributed by atoms with Gasteiger partial charge in [-0.25, -0.2) is 0 Å². The zero-order chi connectivity index (χ0) is 13.5. The molecule has 0 unspecified atom stereocenters. The number of thiol groups is 1. The number of carbonyl (C=O) groups is 2. The van der Waals surface area contributed by atoms with Gasteiger partial charge in [0.05, 0.1) is 5.57 Å². The van der Waals surface area contributed by atoms with Gasteiger partial charge in [-0.1, -0.05) is 19.9 Å². The first-order valence-corrected chi connectivity index (χ1v) is 6.52. The number of carbonyl (C=O) groups excluding carboxylic acids is 2. The highest BCUT2D eigenvalue weighted by molar-refractivity contribution is 7.80. The van der Waals surface area contributed by atoms with E-state index >= 15 is 0 Å². The fraction of sp³-hybridized carbons (Fsp3) is 0.462. The lowest BCUT2D eigenvalue weighted by atomic mass is 10.0. The molecule has 0 saturated heterocycles. The SMILES string of the molecule is CC(C)[C@H](NC(=O)C1=C=CC=C1)C(=O)NCCS. The topological polar surface area (TPSA) is 58.2 Å². The van der Waals surface area contributed by atoms with E-state index in [-0.39, 0.29) is 17.7 Å². The molecule has 0 spiro atoms. The van der Waals surface area contributed by atoms with E-state index in [1.165, 1.54) is 0 Å². The molecule has 98 valence electrons. The second kappa shape index (κ2) is 7.09. The molecule has 0 aromatic carbocycles. The van der Waals surface area contributed by atoms with Crippen molar-refractivity contribution in [3.63, 3.8) is 0 Å². The van der Waals surface area contributed by atoms with E-state index in [4.69, 9.17) is 0 Å². The molecule has 0 fully saturated rings. The van der Waals surface area contributed by atoms with Crippen molar-refractivity contribution in [1.82, 2.24) is 10.6 Å². The van der Waals surface area contributed by atoms with Gasteiger partial charge in [-0.05, 0) is 18.1 Å². The summed E-state index contributed by atoms with van der Waals surface area (Å²) in [5.74, 6) is 0.128. The van der Waals surface area contributed by atoms with Crippen molar-refractivity contribution in [2.24, 2.45) is 5.92 Å². The van der Waals surface area contributed by atoms with Crippen molar-refractivity contribution in [3.05, 3.63) is 29.5 Å². The number of hydrogen-bond acceptors (Lipinski definition) is 3. The van der Waals surface area contributed by atoms with Crippen LogP contribution in [0.15, 0.2) is 29.5 Å². The second-order valence-corrected chi connectivity index (χ2v) is 4.74. The molecule has 0 aromatic heterocycles. The third-order valence-electron chi connectivity index (χ3n) is 2.49. The quantitative estimate of drug-likeness (QED) is 0.492. The minimum Gasteiger partial charge on any atom is -0.353 e. The molecule has 0 aliphatic heterocycles. The molecule has 1 atom stereocenters. The van der Waals surface area contributed by atoms with Crippen molar-refractivity contribution in [3.8, 4) is 0 Å². The lowest BCUT2D eigenvalue weighted by molar-refractivity contribution is -0.128. The molecule has 1 rings (SSSR count). The number of amides is 2. The van der Waals surface area contributed by atoms with Crippen LogP contribution in [0.2, 0.25) is 0 Å². The number of nitrogens with one attached hydrogen (secondary N) is 2. The van der Waals surface area contributed by atoms with Gasteiger partial charge in [-0.15, -0.1) is 5.73 Å². The molecule has 1 aliphatic carbocycles. The summed E-state index contributed by atoms with van der Waals surface area (Å²) in [5.41, 5.74) is 3.25. The van der Waals surface area contributed by atoms with E-state index in [2.05, 4.69) is 29.0 Å². The van der Waals surface area contributed by atoms with Gasteiger partial charge >= 0.3 is 0 Å². The summed E-state index contributed by atoms with van der Waals surface area (Å²) in [6.07, 6.45) is 5.07. The van der Waals surface area contributed by atoms with E-state index in [1.54, 1.807) is 18.2 Å². The minimum absolute atomic E-state index is 0.0174. The standard InChI is InChI=1S/C13H18N2O2S/c1-9(2)11(13(17)14-7-8-18)15-12(16)10-5-3-4-6-10/h3-5,9,11,18H,7-8H2,1-2H3,(H,14,17)(H,15,16)/t11-/m0/s1. The maximum Gasteiger partial charge on any atom is 0.259 e. The first-order valence-electron chi connectivity index (χ1n) is 5.89. The van der Waals surface area contributed by atoms with Gasteiger partial charge in [-0.2, -0.15) is 12.6 Å². The van der Waals surface area contributed by atoms with Crippen LogP contribution >= 0.6 is 12.6 Å². The van der Waals surface area contributed by atoms with Crippen molar-refractivity contribution >= 4 is 24.4 Å². The predicted molar refractivity (Wildman–Crippen MR) is 74.4 cm³/mol. The van der Waals surface area contributed by atoms with E-state index in [9.17, 15) is 9.59 Å². The van der Waals surface area contributed by atoms with Gasteiger partial charge in [0.15, 0.2) is 0 Å². The highest BCUT2D eigenvalue weighted by atomic mass is 32.1.